The maximum absolute atomic E-state index is 13.9. The van der Waals surface area contributed by atoms with Gasteiger partial charge in [0.1, 0.15) is 11.6 Å². The van der Waals surface area contributed by atoms with Crippen molar-refractivity contribution < 1.29 is 13.9 Å². The Bertz CT molecular complexity index is 953. The number of likely N-dealkylation sites (tertiary alicyclic amines) is 1. The number of piperidine rings is 1. The number of anilines is 1. The molecule has 4 nitrogen and oxygen atoms in total. The normalized spacial score (nSPS) is 25.9. The van der Waals surface area contributed by atoms with Crippen molar-refractivity contribution in [3.8, 4) is 5.75 Å². The third-order valence-corrected chi connectivity index (χ3v) is 6.69. The monoisotopic (exact) mass is 460 g/mol. The summed E-state index contributed by atoms with van der Waals surface area (Å²) in [6.45, 7) is 10.1. The van der Waals surface area contributed by atoms with Gasteiger partial charge in [0, 0.05) is 30.7 Å². The molecule has 1 amide bonds. The van der Waals surface area contributed by atoms with Gasteiger partial charge in [-0.05, 0) is 75.9 Å². The third kappa shape index (κ3) is 4.94. The zero-order valence-corrected chi connectivity index (χ0v) is 20.2. The van der Waals surface area contributed by atoms with E-state index in [-0.39, 0.29) is 41.7 Å². The van der Waals surface area contributed by atoms with Crippen LogP contribution in [-0.2, 0) is 11.3 Å². The number of hydrogen-bond acceptors (Lipinski definition) is 3. The summed E-state index contributed by atoms with van der Waals surface area (Å²) in [7, 11) is 0. The van der Waals surface area contributed by atoms with E-state index in [0.29, 0.717) is 11.7 Å². The molecular weight excluding hydrogens is 427 g/mol. The molecule has 32 heavy (non-hydrogen) atoms. The van der Waals surface area contributed by atoms with Crippen LogP contribution in [0.5, 0.6) is 5.75 Å². The van der Waals surface area contributed by atoms with Crippen LogP contribution in [0, 0.1) is 11.7 Å². The SMILES string of the molecule is CC(C)Oc1cccc(CN2CC[C@]3(CC(C)C(=O)N3c3cccc(F)c3)C[C@@H]2C)c1.Cl. The standard InChI is InChI=1S/C26H33FN2O2.ClH/c1-18(2)31-24-10-5-7-21(13-24)17-28-12-11-26(16-20(28)4)15-19(3)25(30)29(26)23-9-6-8-22(27)14-23;/h5-10,13-14,18-20H,11-12,15-17H2,1-4H3;1H/t19?,20-,26-;/m0./s1. The number of halogens is 2. The molecule has 1 spiro atoms. The highest BCUT2D eigenvalue weighted by molar-refractivity contribution is 5.99. The summed E-state index contributed by atoms with van der Waals surface area (Å²) in [5.74, 6) is 0.687. The lowest BCUT2D eigenvalue weighted by Gasteiger charge is -2.48. The average molecular weight is 461 g/mol. The van der Waals surface area contributed by atoms with Crippen molar-refractivity contribution in [1.29, 1.82) is 0 Å². The van der Waals surface area contributed by atoms with Crippen molar-refractivity contribution in [3.05, 3.63) is 59.9 Å². The van der Waals surface area contributed by atoms with Crippen LogP contribution in [0.4, 0.5) is 10.1 Å². The molecule has 3 atom stereocenters. The number of ether oxygens (including phenoxy) is 1. The number of rotatable bonds is 5. The van der Waals surface area contributed by atoms with E-state index in [1.54, 1.807) is 6.07 Å². The van der Waals surface area contributed by atoms with Crippen molar-refractivity contribution in [2.45, 2.75) is 71.2 Å². The van der Waals surface area contributed by atoms with Crippen LogP contribution >= 0.6 is 12.4 Å². The number of hydrogen-bond donors (Lipinski definition) is 0. The summed E-state index contributed by atoms with van der Waals surface area (Å²) in [5.41, 5.74) is 1.69. The van der Waals surface area contributed by atoms with E-state index in [0.717, 1.165) is 38.1 Å². The van der Waals surface area contributed by atoms with Crippen LogP contribution in [0.15, 0.2) is 48.5 Å². The summed E-state index contributed by atoms with van der Waals surface area (Å²) in [5, 5.41) is 0. The minimum atomic E-state index is -0.297. The fourth-order valence-corrected chi connectivity index (χ4v) is 5.42. The van der Waals surface area contributed by atoms with Crippen molar-refractivity contribution in [1.82, 2.24) is 4.90 Å². The fraction of sp³-hybridized carbons (Fsp3) is 0.500. The topological polar surface area (TPSA) is 32.8 Å². The first-order chi connectivity index (χ1) is 14.8. The maximum Gasteiger partial charge on any atom is 0.230 e. The molecule has 2 aromatic carbocycles. The largest absolute Gasteiger partial charge is 0.491 e. The van der Waals surface area contributed by atoms with Crippen LogP contribution in [-0.4, -0.2) is 35.0 Å². The minimum Gasteiger partial charge on any atom is -0.491 e. The summed E-state index contributed by atoms with van der Waals surface area (Å²) < 4.78 is 19.8. The fourth-order valence-electron chi connectivity index (χ4n) is 5.42. The van der Waals surface area contributed by atoms with Crippen LogP contribution in [0.25, 0.3) is 0 Å². The lowest BCUT2D eigenvalue weighted by atomic mass is 9.79. The summed E-state index contributed by atoms with van der Waals surface area (Å²) in [4.78, 5) is 17.5. The molecule has 2 aromatic rings. The van der Waals surface area contributed by atoms with Gasteiger partial charge in [0.2, 0.25) is 5.91 Å². The van der Waals surface area contributed by atoms with Gasteiger partial charge in [-0.3, -0.25) is 9.69 Å². The highest BCUT2D eigenvalue weighted by atomic mass is 35.5. The summed E-state index contributed by atoms with van der Waals surface area (Å²) in [6, 6.07) is 15.1. The predicted molar refractivity (Wildman–Crippen MR) is 129 cm³/mol. The Balaban J connectivity index is 0.00000289. The average Bonchev–Trinajstić information content (AvgIpc) is 2.93. The highest BCUT2D eigenvalue weighted by Crippen LogP contribution is 2.46. The van der Waals surface area contributed by atoms with Crippen molar-refractivity contribution in [3.63, 3.8) is 0 Å². The Hall–Kier alpha value is -2.11. The maximum atomic E-state index is 13.9. The van der Waals surface area contributed by atoms with Crippen molar-refractivity contribution in [2.24, 2.45) is 5.92 Å². The first kappa shape index (κ1) is 24.5. The highest BCUT2D eigenvalue weighted by Gasteiger charge is 2.52. The Morgan fingerprint density at radius 3 is 2.56 bits per heavy atom. The first-order valence-electron chi connectivity index (χ1n) is 11.4. The van der Waals surface area contributed by atoms with Crippen molar-refractivity contribution in [2.75, 3.05) is 11.4 Å². The van der Waals surface area contributed by atoms with E-state index in [9.17, 15) is 9.18 Å². The van der Waals surface area contributed by atoms with Gasteiger partial charge in [0.25, 0.3) is 0 Å². The molecule has 0 saturated carbocycles. The van der Waals surface area contributed by atoms with Gasteiger partial charge in [-0.2, -0.15) is 0 Å². The molecule has 2 fully saturated rings. The Morgan fingerprint density at radius 2 is 1.88 bits per heavy atom. The van der Waals surface area contributed by atoms with Crippen molar-refractivity contribution >= 4 is 24.0 Å². The second kappa shape index (κ2) is 9.80. The molecule has 2 heterocycles. The second-order valence-corrected chi connectivity index (χ2v) is 9.57. The smallest absolute Gasteiger partial charge is 0.230 e. The van der Waals surface area contributed by atoms with Gasteiger partial charge >= 0.3 is 0 Å². The molecule has 0 aromatic heterocycles. The molecule has 1 unspecified atom stereocenters. The number of nitrogens with zero attached hydrogens (tertiary/aromatic N) is 2. The Morgan fingerprint density at radius 1 is 1.12 bits per heavy atom. The van der Waals surface area contributed by atoms with Gasteiger partial charge in [-0.15, -0.1) is 12.4 Å². The van der Waals surface area contributed by atoms with Crippen LogP contribution in [0.1, 0.15) is 52.5 Å². The molecule has 4 rings (SSSR count). The Kier molecular flexibility index (Phi) is 7.51. The van der Waals surface area contributed by atoms with Gasteiger partial charge in [-0.25, -0.2) is 4.39 Å². The number of amides is 1. The lowest BCUT2D eigenvalue weighted by Crippen LogP contribution is -2.56. The zero-order chi connectivity index (χ0) is 22.2. The number of carbonyl (C=O) groups is 1. The van der Waals surface area contributed by atoms with E-state index >= 15 is 0 Å². The Labute approximate surface area is 197 Å². The van der Waals surface area contributed by atoms with E-state index in [4.69, 9.17) is 4.74 Å². The quantitative estimate of drug-likeness (QED) is 0.562. The van der Waals surface area contributed by atoms with Crippen LogP contribution < -0.4 is 9.64 Å². The molecule has 6 heteroatoms. The van der Waals surface area contributed by atoms with Gasteiger partial charge in [-0.1, -0.05) is 25.1 Å². The molecular formula is C26H34ClFN2O2. The van der Waals surface area contributed by atoms with Crippen LogP contribution in [0.2, 0.25) is 0 Å². The minimum absolute atomic E-state index is 0. The number of carbonyl (C=O) groups excluding carboxylic acids is 1. The van der Waals surface area contributed by atoms with E-state index in [1.165, 1.54) is 17.7 Å². The zero-order valence-electron chi connectivity index (χ0n) is 19.4. The van der Waals surface area contributed by atoms with Gasteiger partial charge in [0.15, 0.2) is 0 Å². The molecule has 174 valence electrons. The molecule has 0 radical (unpaired) electrons. The lowest BCUT2D eigenvalue weighted by molar-refractivity contribution is -0.120. The van der Waals surface area contributed by atoms with Crippen LogP contribution in [0.3, 0.4) is 0 Å². The molecule has 2 saturated heterocycles. The third-order valence-electron chi connectivity index (χ3n) is 6.69. The molecule has 2 aliphatic rings. The van der Waals surface area contributed by atoms with Gasteiger partial charge < -0.3 is 9.64 Å². The number of benzene rings is 2. The second-order valence-electron chi connectivity index (χ2n) is 9.57. The van der Waals surface area contributed by atoms with E-state index in [2.05, 4.69) is 24.0 Å². The van der Waals surface area contributed by atoms with Gasteiger partial charge in [0.05, 0.1) is 11.6 Å². The molecule has 0 bridgehead atoms. The summed E-state index contributed by atoms with van der Waals surface area (Å²) >= 11 is 0. The molecule has 0 N–H and O–H groups in total. The molecule has 0 aliphatic carbocycles. The predicted octanol–water partition coefficient (Wildman–Crippen LogP) is 5.83. The summed E-state index contributed by atoms with van der Waals surface area (Å²) in [6.07, 6.45) is 2.77. The first-order valence-corrected chi connectivity index (χ1v) is 11.4. The van der Waals surface area contributed by atoms with E-state index in [1.807, 2.05) is 43.9 Å². The van der Waals surface area contributed by atoms with E-state index < -0.39 is 0 Å². The molecule has 2 aliphatic heterocycles.